The Bertz CT molecular complexity index is 717. The van der Waals surface area contributed by atoms with Gasteiger partial charge in [-0.2, -0.15) is 5.26 Å². The minimum absolute atomic E-state index is 0.00307. The van der Waals surface area contributed by atoms with E-state index in [1.165, 1.54) is 0 Å². The molecule has 0 saturated heterocycles. The van der Waals surface area contributed by atoms with E-state index in [2.05, 4.69) is 10.3 Å². The summed E-state index contributed by atoms with van der Waals surface area (Å²) in [6.45, 7) is 5.66. The van der Waals surface area contributed by atoms with E-state index in [1.54, 1.807) is 6.08 Å². The Morgan fingerprint density at radius 1 is 1.40 bits per heavy atom. The summed E-state index contributed by atoms with van der Waals surface area (Å²) >= 11 is 0. The van der Waals surface area contributed by atoms with Crippen LogP contribution in [0.25, 0.3) is 17.0 Å². The Morgan fingerprint density at radius 3 is 2.75 bits per heavy atom. The first-order valence-corrected chi connectivity index (χ1v) is 6.53. The number of nitrogens with zero attached hydrogens (tertiary/aromatic N) is 1. The van der Waals surface area contributed by atoms with Gasteiger partial charge in [0.15, 0.2) is 0 Å². The SMILES string of the molecule is Cc1[nH]c2ccccc2c1C=C(C#N)C(=O)NC(C)C. The molecule has 0 fully saturated rings. The van der Waals surface area contributed by atoms with E-state index in [9.17, 15) is 10.1 Å². The number of rotatable bonds is 3. The molecule has 0 aliphatic heterocycles. The molecule has 4 heteroatoms. The molecule has 102 valence electrons. The molecule has 0 spiro atoms. The summed E-state index contributed by atoms with van der Waals surface area (Å²) in [5, 5.41) is 12.9. The lowest BCUT2D eigenvalue weighted by Gasteiger charge is -2.06. The van der Waals surface area contributed by atoms with Crippen LogP contribution in [0.3, 0.4) is 0 Å². The van der Waals surface area contributed by atoms with E-state index in [0.29, 0.717) is 0 Å². The fourth-order valence-electron chi connectivity index (χ4n) is 2.12. The lowest BCUT2D eigenvalue weighted by atomic mass is 10.1. The molecule has 0 saturated carbocycles. The van der Waals surface area contributed by atoms with Crippen LogP contribution in [0, 0.1) is 18.3 Å². The van der Waals surface area contributed by atoms with E-state index < -0.39 is 0 Å². The van der Waals surface area contributed by atoms with Crippen molar-refractivity contribution in [3.8, 4) is 6.07 Å². The highest BCUT2D eigenvalue weighted by molar-refractivity contribution is 6.04. The summed E-state index contributed by atoms with van der Waals surface area (Å²) < 4.78 is 0. The molecule has 0 aliphatic carbocycles. The van der Waals surface area contributed by atoms with Crippen LogP contribution in [0.1, 0.15) is 25.1 Å². The molecule has 20 heavy (non-hydrogen) atoms. The molecule has 0 atom stereocenters. The second-order valence-electron chi connectivity index (χ2n) is 5.01. The number of nitrogens with one attached hydrogen (secondary N) is 2. The fourth-order valence-corrected chi connectivity index (χ4v) is 2.12. The first-order valence-electron chi connectivity index (χ1n) is 6.53. The van der Waals surface area contributed by atoms with Crippen LogP contribution < -0.4 is 5.32 Å². The Kier molecular flexibility index (Phi) is 3.90. The molecule has 0 radical (unpaired) electrons. The minimum atomic E-state index is -0.341. The molecule has 2 N–H and O–H groups in total. The average Bonchev–Trinajstić information content (AvgIpc) is 2.70. The molecular weight excluding hydrogens is 250 g/mol. The zero-order valence-corrected chi connectivity index (χ0v) is 11.8. The highest BCUT2D eigenvalue weighted by atomic mass is 16.1. The fraction of sp³-hybridized carbons (Fsp3) is 0.250. The highest BCUT2D eigenvalue weighted by Gasteiger charge is 2.13. The zero-order valence-electron chi connectivity index (χ0n) is 11.8. The van der Waals surface area contributed by atoms with Crippen molar-refractivity contribution < 1.29 is 4.79 Å². The number of aromatic amines is 1. The second-order valence-corrected chi connectivity index (χ2v) is 5.01. The van der Waals surface area contributed by atoms with Crippen molar-refractivity contribution in [2.45, 2.75) is 26.8 Å². The number of amides is 1. The van der Waals surface area contributed by atoms with Gasteiger partial charge in [0.05, 0.1) is 0 Å². The van der Waals surface area contributed by atoms with Crippen molar-refractivity contribution in [3.05, 3.63) is 41.1 Å². The van der Waals surface area contributed by atoms with Crippen molar-refractivity contribution in [2.24, 2.45) is 0 Å². The van der Waals surface area contributed by atoms with Crippen LogP contribution in [0.5, 0.6) is 0 Å². The number of carbonyl (C=O) groups is 1. The summed E-state index contributed by atoms with van der Waals surface area (Å²) in [6, 6.07) is 9.80. The Morgan fingerprint density at radius 2 is 2.10 bits per heavy atom. The number of hydrogen-bond acceptors (Lipinski definition) is 2. The van der Waals surface area contributed by atoms with E-state index in [-0.39, 0.29) is 17.5 Å². The van der Waals surface area contributed by atoms with Gasteiger partial charge >= 0.3 is 0 Å². The topological polar surface area (TPSA) is 68.7 Å². The van der Waals surface area contributed by atoms with E-state index in [4.69, 9.17) is 0 Å². The highest BCUT2D eigenvalue weighted by Crippen LogP contribution is 2.24. The maximum atomic E-state index is 11.9. The van der Waals surface area contributed by atoms with E-state index in [1.807, 2.05) is 51.1 Å². The molecule has 2 aromatic rings. The van der Waals surface area contributed by atoms with Gasteiger partial charge in [-0.25, -0.2) is 0 Å². The van der Waals surface area contributed by atoms with Gasteiger partial charge in [0.25, 0.3) is 5.91 Å². The summed E-state index contributed by atoms with van der Waals surface area (Å²) in [4.78, 5) is 15.2. The quantitative estimate of drug-likeness (QED) is 0.663. The molecule has 0 unspecified atom stereocenters. The van der Waals surface area contributed by atoms with E-state index in [0.717, 1.165) is 22.2 Å². The minimum Gasteiger partial charge on any atom is -0.358 e. The zero-order chi connectivity index (χ0) is 14.7. The van der Waals surface area contributed by atoms with E-state index >= 15 is 0 Å². The number of fused-ring (bicyclic) bond motifs is 1. The molecule has 1 amide bonds. The summed E-state index contributed by atoms with van der Waals surface area (Å²) in [5.41, 5.74) is 2.94. The first kappa shape index (κ1) is 13.9. The van der Waals surface area contributed by atoms with Crippen molar-refractivity contribution in [2.75, 3.05) is 0 Å². The van der Waals surface area contributed by atoms with Gasteiger partial charge in [-0.15, -0.1) is 0 Å². The standard InChI is InChI=1S/C16H17N3O/c1-10(2)18-16(20)12(9-17)8-14-11(3)19-15-7-5-4-6-13(14)15/h4-8,10,19H,1-3H3,(H,18,20). The predicted molar refractivity (Wildman–Crippen MR) is 79.9 cm³/mol. The van der Waals surface area contributed by atoms with Gasteiger partial charge < -0.3 is 10.3 Å². The smallest absolute Gasteiger partial charge is 0.262 e. The van der Waals surface area contributed by atoms with Crippen molar-refractivity contribution in [3.63, 3.8) is 0 Å². The van der Waals surface area contributed by atoms with Gasteiger partial charge in [-0.05, 0) is 32.9 Å². The summed E-state index contributed by atoms with van der Waals surface area (Å²) in [7, 11) is 0. The molecule has 1 aromatic heterocycles. The lowest BCUT2D eigenvalue weighted by molar-refractivity contribution is -0.117. The monoisotopic (exact) mass is 267 g/mol. The van der Waals surface area contributed by atoms with Crippen LogP contribution >= 0.6 is 0 Å². The van der Waals surface area contributed by atoms with Crippen LogP contribution in [0.15, 0.2) is 29.8 Å². The summed E-state index contributed by atoms with van der Waals surface area (Å²) in [6.07, 6.45) is 1.64. The molecule has 2 rings (SSSR count). The van der Waals surface area contributed by atoms with Gasteiger partial charge in [-0.1, -0.05) is 18.2 Å². The van der Waals surface area contributed by atoms with Gasteiger partial charge in [0.2, 0.25) is 0 Å². The molecular formula is C16H17N3O. The number of nitriles is 1. The normalized spacial score (nSPS) is 11.7. The lowest BCUT2D eigenvalue weighted by Crippen LogP contribution is -2.30. The van der Waals surface area contributed by atoms with Crippen LogP contribution in [-0.4, -0.2) is 16.9 Å². The van der Waals surface area contributed by atoms with Crippen molar-refractivity contribution in [1.82, 2.24) is 10.3 Å². The predicted octanol–water partition coefficient (Wildman–Crippen LogP) is 2.91. The number of H-pyrrole nitrogens is 1. The van der Waals surface area contributed by atoms with Gasteiger partial charge in [0.1, 0.15) is 11.6 Å². The number of benzene rings is 1. The molecule has 4 nitrogen and oxygen atoms in total. The number of para-hydroxylation sites is 1. The Hall–Kier alpha value is -2.54. The summed E-state index contributed by atoms with van der Waals surface area (Å²) in [5.74, 6) is -0.341. The molecule has 1 aromatic carbocycles. The molecule has 0 bridgehead atoms. The van der Waals surface area contributed by atoms with Crippen LogP contribution in [0.2, 0.25) is 0 Å². The van der Waals surface area contributed by atoms with Crippen molar-refractivity contribution in [1.29, 1.82) is 5.26 Å². The third kappa shape index (κ3) is 2.72. The third-order valence-electron chi connectivity index (χ3n) is 3.02. The van der Waals surface area contributed by atoms with Crippen LogP contribution in [-0.2, 0) is 4.79 Å². The Balaban J connectivity index is 2.48. The van der Waals surface area contributed by atoms with Gasteiger partial charge in [-0.3, -0.25) is 4.79 Å². The first-order chi connectivity index (χ1) is 9.52. The van der Waals surface area contributed by atoms with Gasteiger partial charge in [0, 0.05) is 28.2 Å². The largest absolute Gasteiger partial charge is 0.358 e. The van der Waals surface area contributed by atoms with Crippen molar-refractivity contribution >= 4 is 22.9 Å². The number of aromatic nitrogens is 1. The molecule has 0 aliphatic rings. The number of carbonyl (C=O) groups excluding carboxylic acids is 1. The third-order valence-corrected chi connectivity index (χ3v) is 3.02. The average molecular weight is 267 g/mol. The maximum Gasteiger partial charge on any atom is 0.262 e. The number of aryl methyl sites for hydroxylation is 1. The molecule has 1 heterocycles. The maximum absolute atomic E-state index is 11.9. The second kappa shape index (κ2) is 5.62. The van der Waals surface area contributed by atoms with Crippen LogP contribution in [0.4, 0.5) is 0 Å². The Labute approximate surface area is 118 Å². The number of hydrogen-bond donors (Lipinski definition) is 2.